The molecule has 0 saturated carbocycles. The second-order valence-corrected chi connectivity index (χ2v) is 5.79. The molecular formula is C19H24N4O3. The van der Waals surface area contributed by atoms with E-state index < -0.39 is 4.92 Å². The topological polar surface area (TPSA) is 88.8 Å². The van der Waals surface area contributed by atoms with Crippen LogP contribution in [0.15, 0.2) is 47.5 Å². The summed E-state index contributed by atoms with van der Waals surface area (Å²) >= 11 is 0. The van der Waals surface area contributed by atoms with E-state index in [1.165, 1.54) is 12.1 Å². The number of methoxy groups -OCH3 is 1. The minimum absolute atomic E-state index is 0.0780. The molecular weight excluding hydrogens is 332 g/mol. The predicted octanol–water partition coefficient (Wildman–Crippen LogP) is 3.17. The van der Waals surface area contributed by atoms with Crippen LogP contribution in [-0.4, -0.2) is 24.5 Å². The maximum absolute atomic E-state index is 10.7. The lowest BCUT2D eigenvalue weighted by atomic mass is 10.1. The molecule has 0 radical (unpaired) electrons. The Bertz CT molecular complexity index is 773. The van der Waals surface area contributed by atoms with Gasteiger partial charge in [-0.25, -0.2) is 4.99 Å². The van der Waals surface area contributed by atoms with Gasteiger partial charge in [0.05, 0.1) is 18.6 Å². The van der Waals surface area contributed by atoms with E-state index in [1.807, 2.05) is 32.0 Å². The lowest BCUT2D eigenvalue weighted by Gasteiger charge is -2.14. The lowest BCUT2D eigenvalue weighted by Crippen LogP contribution is -2.36. The quantitative estimate of drug-likeness (QED) is 0.344. The SMILES string of the molecule is CCNC(=NCc1ccc([N+](=O)[O-])cc1)NCc1ccc(C)cc1OC. The Kier molecular flexibility index (Phi) is 6.96. The first-order valence-corrected chi connectivity index (χ1v) is 8.42. The highest BCUT2D eigenvalue weighted by atomic mass is 16.6. The van der Waals surface area contributed by atoms with Gasteiger partial charge in [0.15, 0.2) is 5.96 Å². The molecule has 2 N–H and O–H groups in total. The first-order valence-electron chi connectivity index (χ1n) is 8.42. The number of nitro groups is 1. The van der Waals surface area contributed by atoms with E-state index in [0.717, 1.165) is 29.0 Å². The first kappa shape index (κ1) is 19.2. The summed E-state index contributed by atoms with van der Waals surface area (Å²) in [4.78, 5) is 14.8. The molecule has 2 aromatic rings. The first-order chi connectivity index (χ1) is 12.5. The molecule has 0 spiro atoms. The van der Waals surface area contributed by atoms with Crippen molar-refractivity contribution in [2.75, 3.05) is 13.7 Å². The zero-order chi connectivity index (χ0) is 18.9. The van der Waals surface area contributed by atoms with Gasteiger partial charge in [0.1, 0.15) is 5.75 Å². The van der Waals surface area contributed by atoms with Crippen molar-refractivity contribution in [2.45, 2.75) is 26.9 Å². The van der Waals surface area contributed by atoms with Crippen LogP contribution in [0.2, 0.25) is 0 Å². The lowest BCUT2D eigenvalue weighted by molar-refractivity contribution is -0.384. The predicted molar refractivity (Wildman–Crippen MR) is 102 cm³/mol. The fourth-order valence-corrected chi connectivity index (χ4v) is 2.41. The Morgan fingerprint density at radius 3 is 2.54 bits per heavy atom. The second-order valence-electron chi connectivity index (χ2n) is 5.79. The molecule has 7 heteroatoms. The van der Waals surface area contributed by atoms with E-state index in [4.69, 9.17) is 4.74 Å². The molecule has 0 aromatic heterocycles. The number of aryl methyl sites for hydroxylation is 1. The molecule has 138 valence electrons. The molecule has 0 unspecified atom stereocenters. The summed E-state index contributed by atoms with van der Waals surface area (Å²) in [6.07, 6.45) is 0. The van der Waals surface area contributed by atoms with E-state index >= 15 is 0 Å². The Balaban J connectivity index is 2.03. The molecule has 0 saturated heterocycles. The minimum Gasteiger partial charge on any atom is -0.496 e. The summed E-state index contributed by atoms with van der Waals surface area (Å²) < 4.78 is 5.42. The average Bonchev–Trinajstić information content (AvgIpc) is 2.65. The minimum atomic E-state index is -0.409. The average molecular weight is 356 g/mol. The van der Waals surface area contributed by atoms with Crippen molar-refractivity contribution in [3.63, 3.8) is 0 Å². The number of nitrogens with zero attached hydrogens (tertiary/aromatic N) is 2. The van der Waals surface area contributed by atoms with Crippen molar-refractivity contribution in [3.8, 4) is 5.75 Å². The highest BCUT2D eigenvalue weighted by Gasteiger charge is 2.06. The maximum Gasteiger partial charge on any atom is 0.269 e. The summed E-state index contributed by atoms with van der Waals surface area (Å²) in [6, 6.07) is 12.5. The van der Waals surface area contributed by atoms with Gasteiger partial charge in [-0.3, -0.25) is 10.1 Å². The third kappa shape index (κ3) is 5.47. The van der Waals surface area contributed by atoms with E-state index in [2.05, 4.69) is 15.6 Å². The number of non-ortho nitro benzene ring substituents is 1. The number of nitro benzene ring substituents is 1. The fourth-order valence-electron chi connectivity index (χ4n) is 2.41. The molecule has 0 amide bonds. The smallest absolute Gasteiger partial charge is 0.269 e. The molecule has 7 nitrogen and oxygen atoms in total. The number of benzene rings is 2. The molecule has 0 aliphatic carbocycles. The van der Waals surface area contributed by atoms with Crippen molar-refractivity contribution in [2.24, 2.45) is 4.99 Å². The van der Waals surface area contributed by atoms with Crippen molar-refractivity contribution in [1.82, 2.24) is 10.6 Å². The summed E-state index contributed by atoms with van der Waals surface area (Å²) in [5.74, 6) is 1.51. The van der Waals surface area contributed by atoms with Gasteiger partial charge >= 0.3 is 0 Å². The van der Waals surface area contributed by atoms with E-state index in [1.54, 1.807) is 19.2 Å². The monoisotopic (exact) mass is 356 g/mol. The summed E-state index contributed by atoms with van der Waals surface area (Å²) in [5.41, 5.74) is 3.17. The van der Waals surface area contributed by atoms with Crippen LogP contribution in [-0.2, 0) is 13.1 Å². The number of hydrogen-bond acceptors (Lipinski definition) is 4. The zero-order valence-electron chi connectivity index (χ0n) is 15.3. The van der Waals surface area contributed by atoms with Crippen LogP contribution in [0.4, 0.5) is 5.69 Å². The Labute approximate surface area is 153 Å². The van der Waals surface area contributed by atoms with Gasteiger partial charge < -0.3 is 15.4 Å². The molecule has 0 bridgehead atoms. The maximum atomic E-state index is 10.7. The van der Waals surface area contributed by atoms with Crippen LogP contribution >= 0.6 is 0 Å². The fraction of sp³-hybridized carbons (Fsp3) is 0.316. The van der Waals surface area contributed by atoms with Crippen LogP contribution in [0.1, 0.15) is 23.6 Å². The Morgan fingerprint density at radius 1 is 1.19 bits per heavy atom. The molecule has 0 atom stereocenters. The normalized spacial score (nSPS) is 11.1. The summed E-state index contributed by atoms with van der Waals surface area (Å²) in [7, 11) is 1.66. The van der Waals surface area contributed by atoms with Gasteiger partial charge in [0.25, 0.3) is 5.69 Å². The zero-order valence-corrected chi connectivity index (χ0v) is 15.3. The third-order valence-electron chi connectivity index (χ3n) is 3.80. The van der Waals surface area contributed by atoms with E-state index in [0.29, 0.717) is 19.0 Å². The molecule has 0 fully saturated rings. The summed E-state index contributed by atoms with van der Waals surface area (Å²) in [6.45, 7) is 5.76. The third-order valence-corrected chi connectivity index (χ3v) is 3.80. The van der Waals surface area contributed by atoms with Gasteiger partial charge in [-0.15, -0.1) is 0 Å². The van der Waals surface area contributed by atoms with Crippen LogP contribution in [0.25, 0.3) is 0 Å². The van der Waals surface area contributed by atoms with E-state index in [-0.39, 0.29) is 5.69 Å². The standard InChI is InChI=1S/C19H24N4O3/c1-4-20-19(21-12-15-6-9-17(10-7-15)23(24)25)22-13-16-8-5-14(2)11-18(16)26-3/h5-11H,4,12-13H2,1-3H3,(H2,20,21,22). The molecule has 26 heavy (non-hydrogen) atoms. The molecule has 0 aliphatic rings. The number of ether oxygens (including phenoxy) is 1. The second kappa shape index (κ2) is 9.41. The van der Waals surface area contributed by atoms with Crippen molar-refractivity contribution in [1.29, 1.82) is 0 Å². The molecule has 0 heterocycles. The van der Waals surface area contributed by atoms with Gasteiger partial charge in [0, 0.05) is 30.8 Å². The Morgan fingerprint density at radius 2 is 1.92 bits per heavy atom. The number of hydrogen-bond donors (Lipinski definition) is 2. The van der Waals surface area contributed by atoms with Gasteiger partial charge in [0.2, 0.25) is 0 Å². The van der Waals surface area contributed by atoms with Crippen LogP contribution in [0, 0.1) is 17.0 Å². The highest BCUT2D eigenvalue weighted by molar-refractivity contribution is 5.79. The number of nitrogens with one attached hydrogen (secondary N) is 2. The number of guanidine groups is 1. The number of rotatable bonds is 7. The highest BCUT2D eigenvalue weighted by Crippen LogP contribution is 2.19. The number of aliphatic imine (C=N–C) groups is 1. The van der Waals surface area contributed by atoms with Crippen LogP contribution < -0.4 is 15.4 Å². The molecule has 0 aliphatic heterocycles. The van der Waals surface area contributed by atoms with Crippen molar-refractivity contribution in [3.05, 3.63) is 69.3 Å². The van der Waals surface area contributed by atoms with Crippen LogP contribution in [0.5, 0.6) is 5.75 Å². The van der Waals surface area contributed by atoms with Gasteiger partial charge in [-0.2, -0.15) is 0 Å². The van der Waals surface area contributed by atoms with Gasteiger partial charge in [-0.1, -0.05) is 24.3 Å². The van der Waals surface area contributed by atoms with E-state index in [9.17, 15) is 10.1 Å². The van der Waals surface area contributed by atoms with Crippen LogP contribution in [0.3, 0.4) is 0 Å². The largest absolute Gasteiger partial charge is 0.496 e. The van der Waals surface area contributed by atoms with Gasteiger partial charge in [-0.05, 0) is 31.0 Å². The molecule has 2 aromatic carbocycles. The Hall–Kier alpha value is -3.09. The van der Waals surface area contributed by atoms with Crippen molar-refractivity contribution >= 4 is 11.6 Å². The van der Waals surface area contributed by atoms with Crippen molar-refractivity contribution < 1.29 is 9.66 Å². The summed E-state index contributed by atoms with van der Waals surface area (Å²) in [5, 5.41) is 17.2. The molecule has 2 rings (SSSR count).